The minimum absolute atomic E-state index is 0.203. The first-order valence-corrected chi connectivity index (χ1v) is 14.8. The summed E-state index contributed by atoms with van der Waals surface area (Å²) in [6.45, 7) is 7.84. The first kappa shape index (κ1) is 31.9. The standard InChI is InChI=1S/C28H49N5O5/c1-2-3-18-30-20-22-31(23-21-30)27-17-16-26(25-29-27)28(34)32(35)19-14-12-10-8-6-4-5-7-9-11-13-15-24-38-33(36)37/h16-17,25,32H,2-15,18-24H2,1H3. The lowest BCUT2D eigenvalue weighted by Crippen LogP contribution is -3.10. The Bertz CT molecular complexity index is 771. The number of hydrogen-bond acceptors (Lipinski definition) is 8. The summed E-state index contributed by atoms with van der Waals surface area (Å²) in [7, 11) is 0. The molecule has 2 rings (SSSR count). The van der Waals surface area contributed by atoms with Gasteiger partial charge in [-0.1, -0.05) is 71.1 Å². The quantitative estimate of drug-likeness (QED) is 0.140. The second-order valence-electron chi connectivity index (χ2n) is 10.4. The van der Waals surface area contributed by atoms with E-state index in [2.05, 4.69) is 26.5 Å². The van der Waals surface area contributed by atoms with Crippen molar-refractivity contribution in [1.82, 2.24) is 9.88 Å². The van der Waals surface area contributed by atoms with Crippen LogP contribution in [0.4, 0.5) is 5.82 Å². The molecule has 1 aliphatic rings. The van der Waals surface area contributed by atoms with Gasteiger partial charge in [-0.25, -0.2) is 9.78 Å². The van der Waals surface area contributed by atoms with Gasteiger partial charge in [0.25, 0.3) is 5.09 Å². The molecule has 1 amide bonds. The van der Waals surface area contributed by atoms with E-state index in [1.165, 1.54) is 51.4 Å². The molecule has 10 nitrogen and oxygen atoms in total. The maximum Gasteiger partial charge on any atom is 0.345 e. The van der Waals surface area contributed by atoms with Crippen molar-refractivity contribution >= 4 is 11.7 Å². The Morgan fingerprint density at radius 2 is 1.50 bits per heavy atom. The highest BCUT2D eigenvalue weighted by atomic mass is 16.9. The molecule has 1 atom stereocenters. The van der Waals surface area contributed by atoms with Crippen LogP contribution in [0.3, 0.4) is 0 Å². The average molecular weight is 536 g/mol. The molecule has 10 heteroatoms. The van der Waals surface area contributed by atoms with E-state index >= 15 is 0 Å². The van der Waals surface area contributed by atoms with E-state index in [4.69, 9.17) is 0 Å². The van der Waals surface area contributed by atoms with Crippen LogP contribution in [0.5, 0.6) is 0 Å². The fraction of sp³-hybridized carbons (Fsp3) is 0.786. The van der Waals surface area contributed by atoms with Crippen LogP contribution in [-0.2, 0) is 4.84 Å². The van der Waals surface area contributed by atoms with Gasteiger partial charge in [-0.2, -0.15) is 0 Å². The summed E-state index contributed by atoms with van der Waals surface area (Å²) in [4.78, 5) is 36.1. The summed E-state index contributed by atoms with van der Waals surface area (Å²) in [5.41, 5.74) is 0.394. The molecule has 1 saturated heterocycles. The molecule has 0 saturated carbocycles. The van der Waals surface area contributed by atoms with Crippen LogP contribution in [0.15, 0.2) is 18.3 Å². The molecule has 1 N–H and O–H groups in total. The third-order valence-corrected chi connectivity index (χ3v) is 7.28. The number of hydrogen-bond donors (Lipinski definition) is 1. The number of anilines is 1. The number of nitrogens with one attached hydrogen (secondary N) is 1. The molecule has 1 unspecified atom stereocenters. The number of hydroxylamine groups is 2. The molecule has 1 aromatic heterocycles. The predicted molar refractivity (Wildman–Crippen MR) is 150 cm³/mol. The minimum Gasteiger partial charge on any atom is -0.626 e. The van der Waals surface area contributed by atoms with Gasteiger partial charge in [0.1, 0.15) is 5.82 Å². The molecule has 0 aliphatic carbocycles. The Kier molecular flexibility index (Phi) is 16.6. The van der Waals surface area contributed by atoms with Gasteiger partial charge in [-0.05, 0) is 44.4 Å². The van der Waals surface area contributed by atoms with Crippen molar-refractivity contribution in [3.05, 3.63) is 39.2 Å². The molecule has 216 valence electrons. The highest BCUT2D eigenvalue weighted by Crippen LogP contribution is 2.15. The Hall–Kier alpha value is -2.30. The Morgan fingerprint density at radius 1 is 0.921 bits per heavy atom. The Morgan fingerprint density at radius 3 is 2.03 bits per heavy atom. The zero-order chi connectivity index (χ0) is 27.4. The van der Waals surface area contributed by atoms with Gasteiger partial charge in [0, 0.05) is 32.4 Å². The normalized spacial score (nSPS) is 14.9. The molecule has 1 aliphatic heterocycles. The van der Waals surface area contributed by atoms with Crippen molar-refractivity contribution in [2.75, 3.05) is 50.8 Å². The summed E-state index contributed by atoms with van der Waals surface area (Å²) in [6, 6.07) is 3.62. The van der Waals surface area contributed by atoms with Crippen molar-refractivity contribution in [2.45, 2.75) is 96.8 Å². The number of carbonyl (C=O) groups is 1. The van der Waals surface area contributed by atoms with Crippen molar-refractivity contribution in [3.63, 3.8) is 0 Å². The fourth-order valence-corrected chi connectivity index (χ4v) is 4.86. The summed E-state index contributed by atoms with van der Waals surface area (Å²) >= 11 is 0. The van der Waals surface area contributed by atoms with Crippen LogP contribution in [-0.4, -0.2) is 66.8 Å². The number of pyridine rings is 1. The van der Waals surface area contributed by atoms with Crippen molar-refractivity contribution in [3.8, 4) is 0 Å². The van der Waals surface area contributed by atoms with Gasteiger partial charge < -0.3 is 20.0 Å². The van der Waals surface area contributed by atoms with Gasteiger partial charge >= 0.3 is 5.91 Å². The lowest BCUT2D eigenvalue weighted by atomic mass is 10.1. The van der Waals surface area contributed by atoms with E-state index in [9.17, 15) is 20.1 Å². The SMILES string of the molecule is CCCCN1CCN(c2ccc(C(=O)[NH+]([O-])CCCCCCCCCCCCCCO[N+](=O)[O-])cn2)CC1. The highest BCUT2D eigenvalue weighted by molar-refractivity contribution is 5.87. The molecule has 0 bridgehead atoms. The molecule has 1 fully saturated rings. The molecule has 38 heavy (non-hydrogen) atoms. The van der Waals surface area contributed by atoms with Gasteiger partial charge in [-0.15, -0.1) is 10.1 Å². The topological polar surface area (TPSA) is 116 Å². The number of quaternary nitrogens is 1. The third-order valence-electron chi connectivity index (χ3n) is 7.28. The summed E-state index contributed by atoms with van der Waals surface area (Å²) < 4.78 is 0. The van der Waals surface area contributed by atoms with E-state index in [1.54, 1.807) is 12.3 Å². The highest BCUT2D eigenvalue weighted by Gasteiger charge is 2.19. The molecular weight excluding hydrogens is 486 g/mol. The third kappa shape index (κ3) is 13.5. The lowest BCUT2D eigenvalue weighted by molar-refractivity contribution is -0.757. The van der Waals surface area contributed by atoms with Crippen molar-refractivity contribution < 1.29 is 19.8 Å². The molecule has 0 radical (unpaired) electrons. The number of amides is 1. The number of aromatic nitrogens is 1. The molecule has 1 aromatic rings. The molecule has 0 spiro atoms. The van der Waals surface area contributed by atoms with Crippen LogP contribution in [0.1, 0.15) is 107 Å². The summed E-state index contributed by atoms with van der Waals surface area (Å²) in [5, 5.41) is 21.4. The van der Waals surface area contributed by atoms with Gasteiger partial charge in [0.15, 0.2) is 0 Å². The van der Waals surface area contributed by atoms with E-state index in [0.29, 0.717) is 12.1 Å². The van der Waals surface area contributed by atoms with Gasteiger partial charge in [-0.3, -0.25) is 4.90 Å². The number of nitrogens with zero attached hydrogens (tertiary/aromatic N) is 4. The maximum atomic E-state index is 12.5. The molecule has 2 heterocycles. The van der Waals surface area contributed by atoms with Crippen molar-refractivity contribution in [1.29, 1.82) is 0 Å². The first-order chi connectivity index (χ1) is 18.5. The zero-order valence-corrected chi connectivity index (χ0v) is 23.4. The number of unbranched alkanes of at least 4 members (excludes halogenated alkanes) is 12. The monoisotopic (exact) mass is 535 g/mol. The largest absolute Gasteiger partial charge is 0.626 e. The molecule has 0 aromatic carbocycles. The Balaban J connectivity index is 1.47. The summed E-state index contributed by atoms with van der Waals surface area (Å²) in [6.07, 6.45) is 16.9. The number of carbonyl (C=O) groups excluding carboxylic acids is 1. The molecular formula is C28H49N5O5. The second-order valence-corrected chi connectivity index (χ2v) is 10.4. The number of rotatable bonds is 21. The first-order valence-electron chi connectivity index (χ1n) is 14.8. The van der Waals surface area contributed by atoms with Gasteiger partial charge in [0.05, 0.1) is 18.7 Å². The van der Waals surface area contributed by atoms with Gasteiger partial charge in [0.2, 0.25) is 0 Å². The van der Waals surface area contributed by atoms with Crippen LogP contribution < -0.4 is 9.96 Å². The van der Waals surface area contributed by atoms with E-state index < -0.39 is 11.0 Å². The van der Waals surface area contributed by atoms with Crippen LogP contribution in [0.25, 0.3) is 0 Å². The smallest absolute Gasteiger partial charge is 0.345 e. The van der Waals surface area contributed by atoms with E-state index in [0.717, 1.165) is 77.1 Å². The lowest BCUT2D eigenvalue weighted by Gasteiger charge is -2.35. The van der Waals surface area contributed by atoms with Crippen LogP contribution in [0, 0.1) is 15.3 Å². The van der Waals surface area contributed by atoms with E-state index in [1.807, 2.05) is 6.07 Å². The fourth-order valence-electron chi connectivity index (χ4n) is 4.86. The maximum absolute atomic E-state index is 12.5. The van der Waals surface area contributed by atoms with E-state index in [-0.39, 0.29) is 11.7 Å². The van der Waals surface area contributed by atoms with Crippen LogP contribution >= 0.6 is 0 Å². The number of piperazine rings is 1. The second kappa shape index (κ2) is 19.7. The minimum atomic E-state index is -0.730. The summed E-state index contributed by atoms with van der Waals surface area (Å²) in [5.74, 6) is 0.461. The van der Waals surface area contributed by atoms with Crippen LogP contribution in [0.2, 0.25) is 0 Å². The zero-order valence-electron chi connectivity index (χ0n) is 23.4. The average Bonchev–Trinajstić information content (AvgIpc) is 2.93. The Labute approximate surface area is 228 Å². The predicted octanol–water partition coefficient (Wildman–Crippen LogP) is 4.42. The van der Waals surface area contributed by atoms with Crippen molar-refractivity contribution in [2.24, 2.45) is 0 Å².